The number of ether oxygens (including phenoxy) is 1. The average molecular weight is 260 g/mol. The summed E-state index contributed by atoms with van der Waals surface area (Å²) >= 11 is 6.04. The Morgan fingerprint density at radius 3 is 2.83 bits per heavy atom. The van der Waals surface area contributed by atoms with Crippen molar-refractivity contribution in [1.82, 2.24) is 0 Å². The fourth-order valence-corrected chi connectivity index (χ4v) is 2.54. The van der Waals surface area contributed by atoms with Crippen LogP contribution in [0.1, 0.15) is 5.56 Å². The van der Waals surface area contributed by atoms with Gasteiger partial charge >= 0.3 is 0 Å². The lowest BCUT2D eigenvalue weighted by Gasteiger charge is -2.11. The summed E-state index contributed by atoms with van der Waals surface area (Å²) in [5, 5.41) is 0.735. The third kappa shape index (κ3) is 1.98. The van der Waals surface area contributed by atoms with Crippen molar-refractivity contribution in [3.63, 3.8) is 0 Å². The number of halogens is 1. The van der Waals surface area contributed by atoms with Crippen molar-refractivity contribution in [2.24, 2.45) is 5.73 Å². The highest BCUT2D eigenvalue weighted by Gasteiger charge is 2.24. The molecule has 92 valence electrons. The lowest BCUT2D eigenvalue weighted by atomic mass is 10.0. The van der Waals surface area contributed by atoms with Crippen LogP contribution in [0.15, 0.2) is 42.5 Å². The Balaban J connectivity index is 2.08. The molecule has 0 unspecified atom stereocenters. The third-order valence-corrected chi connectivity index (χ3v) is 3.46. The zero-order valence-corrected chi connectivity index (χ0v) is 10.7. The standard InChI is InChI=1S/C15H14ClNO/c16-12-5-1-3-10(7-12)14-6-2-4-11-8-13(9-17)18-15(11)14/h1-7,13H,8-9,17H2/t13-/m1/s1. The molecule has 1 aliphatic heterocycles. The van der Waals surface area contributed by atoms with E-state index in [0.717, 1.165) is 28.3 Å². The average Bonchev–Trinajstić information content (AvgIpc) is 2.81. The van der Waals surface area contributed by atoms with E-state index < -0.39 is 0 Å². The summed E-state index contributed by atoms with van der Waals surface area (Å²) in [5.41, 5.74) is 9.07. The number of benzene rings is 2. The molecule has 0 saturated heterocycles. The van der Waals surface area contributed by atoms with Gasteiger partial charge in [-0.1, -0.05) is 41.9 Å². The van der Waals surface area contributed by atoms with Crippen LogP contribution in [-0.4, -0.2) is 12.6 Å². The second kappa shape index (κ2) is 4.63. The quantitative estimate of drug-likeness (QED) is 0.898. The highest BCUT2D eigenvalue weighted by molar-refractivity contribution is 6.30. The van der Waals surface area contributed by atoms with Crippen molar-refractivity contribution < 1.29 is 4.74 Å². The van der Waals surface area contributed by atoms with E-state index in [9.17, 15) is 0 Å². The van der Waals surface area contributed by atoms with Crippen LogP contribution in [0, 0.1) is 0 Å². The van der Waals surface area contributed by atoms with Gasteiger partial charge in [0, 0.05) is 23.6 Å². The smallest absolute Gasteiger partial charge is 0.130 e. The summed E-state index contributed by atoms with van der Waals surface area (Å²) in [6.45, 7) is 0.545. The molecule has 3 rings (SSSR count). The Morgan fingerprint density at radius 1 is 1.22 bits per heavy atom. The molecule has 0 aliphatic carbocycles. The first-order chi connectivity index (χ1) is 8.78. The molecule has 3 heteroatoms. The molecule has 1 atom stereocenters. The van der Waals surface area contributed by atoms with E-state index in [2.05, 4.69) is 18.2 Å². The number of nitrogens with two attached hydrogens (primary N) is 1. The normalized spacial score (nSPS) is 17.3. The molecule has 0 saturated carbocycles. The van der Waals surface area contributed by atoms with E-state index in [-0.39, 0.29) is 6.10 Å². The first kappa shape index (κ1) is 11.6. The Hall–Kier alpha value is -1.51. The van der Waals surface area contributed by atoms with E-state index >= 15 is 0 Å². The van der Waals surface area contributed by atoms with Gasteiger partial charge in [0.15, 0.2) is 0 Å². The Morgan fingerprint density at radius 2 is 2.06 bits per heavy atom. The minimum atomic E-state index is 0.0975. The van der Waals surface area contributed by atoms with Crippen LogP contribution in [0.4, 0.5) is 0 Å². The third-order valence-electron chi connectivity index (χ3n) is 3.23. The van der Waals surface area contributed by atoms with Gasteiger partial charge in [-0.15, -0.1) is 0 Å². The minimum absolute atomic E-state index is 0.0975. The van der Waals surface area contributed by atoms with Gasteiger partial charge in [-0.3, -0.25) is 0 Å². The van der Waals surface area contributed by atoms with Gasteiger partial charge in [0.1, 0.15) is 11.9 Å². The summed E-state index contributed by atoms with van der Waals surface area (Å²) in [6.07, 6.45) is 0.987. The first-order valence-corrected chi connectivity index (χ1v) is 6.40. The van der Waals surface area contributed by atoms with Crippen molar-refractivity contribution in [2.75, 3.05) is 6.54 Å². The summed E-state index contributed by atoms with van der Waals surface area (Å²) in [5.74, 6) is 0.954. The van der Waals surface area contributed by atoms with Crippen LogP contribution in [-0.2, 0) is 6.42 Å². The maximum Gasteiger partial charge on any atom is 0.130 e. The fourth-order valence-electron chi connectivity index (χ4n) is 2.35. The van der Waals surface area contributed by atoms with Gasteiger partial charge in [0.25, 0.3) is 0 Å². The number of hydrogen-bond donors (Lipinski definition) is 1. The molecule has 2 aromatic rings. The molecule has 1 aliphatic rings. The van der Waals surface area contributed by atoms with Crippen molar-refractivity contribution >= 4 is 11.6 Å². The molecule has 0 aromatic heterocycles. The molecule has 0 bridgehead atoms. The van der Waals surface area contributed by atoms with Crippen LogP contribution < -0.4 is 10.5 Å². The van der Waals surface area contributed by atoms with E-state index in [0.29, 0.717) is 6.54 Å². The topological polar surface area (TPSA) is 35.2 Å². The summed E-state index contributed by atoms with van der Waals surface area (Å²) < 4.78 is 5.91. The van der Waals surface area contributed by atoms with Gasteiger partial charge < -0.3 is 10.5 Å². The number of rotatable bonds is 2. The van der Waals surface area contributed by atoms with Crippen molar-refractivity contribution in [2.45, 2.75) is 12.5 Å². The highest BCUT2D eigenvalue weighted by Crippen LogP contribution is 2.39. The number of para-hydroxylation sites is 1. The lowest BCUT2D eigenvalue weighted by molar-refractivity contribution is 0.242. The molecule has 2 nitrogen and oxygen atoms in total. The summed E-state index contributed by atoms with van der Waals surface area (Å²) in [4.78, 5) is 0. The van der Waals surface area contributed by atoms with E-state index in [1.165, 1.54) is 5.56 Å². The van der Waals surface area contributed by atoms with Gasteiger partial charge in [0.05, 0.1) is 0 Å². The van der Waals surface area contributed by atoms with Crippen LogP contribution in [0.25, 0.3) is 11.1 Å². The highest BCUT2D eigenvalue weighted by atomic mass is 35.5. The van der Waals surface area contributed by atoms with Crippen LogP contribution in [0.3, 0.4) is 0 Å². The summed E-state index contributed by atoms with van der Waals surface area (Å²) in [6, 6.07) is 14.0. The predicted molar refractivity (Wildman–Crippen MR) is 74.1 cm³/mol. The molecule has 2 N–H and O–H groups in total. The molecule has 0 amide bonds. The van der Waals surface area contributed by atoms with Crippen molar-refractivity contribution in [3.8, 4) is 16.9 Å². The maximum atomic E-state index is 6.04. The van der Waals surface area contributed by atoms with Gasteiger partial charge in [-0.2, -0.15) is 0 Å². The molecule has 2 aromatic carbocycles. The minimum Gasteiger partial charge on any atom is -0.488 e. The second-order valence-corrected chi connectivity index (χ2v) is 4.92. The van der Waals surface area contributed by atoms with E-state index in [1.807, 2.05) is 24.3 Å². The second-order valence-electron chi connectivity index (χ2n) is 4.48. The van der Waals surface area contributed by atoms with E-state index in [1.54, 1.807) is 0 Å². The SMILES string of the molecule is NC[C@H]1Cc2cccc(-c3cccc(Cl)c3)c2O1. The number of hydrogen-bond acceptors (Lipinski definition) is 2. The van der Waals surface area contributed by atoms with Gasteiger partial charge in [0.2, 0.25) is 0 Å². The van der Waals surface area contributed by atoms with E-state index in [4.69, 9.17) is 22.1 Å². The van der Waals surface area contributed by atoms with Gasteiger partial charge in [-0.05, 0) is 23.3 Å². The van der Waals surface area contributed by atoms with Crippen molar-refractivity contribution in [3.05, 3.63) is 53.1 Å². The zero-order chi connectivity index (χ0) is 12.5. The largest absolute Gasteiger partial charge is 0.488 e. The first-order valence-electron chi connectivity index (χ1n) is 6.02. The fraction of sp³-hybridized carbons (Fsp3) is 0.200. The molecule has 0 spiro atoms. The van der Waals surface area contributed by atoms with Crippen LogP contribution in [0.2, 0.25) is 5.02 Å². The maximum absolute atomic E-state index is 6.04. The Bertz CT molecular complexity index is 582. The summed E-state index contributed by atoms with van der Waals surface area (Å²) in [7, 11) is 0. The molecular weight excluding hydrogens is 246 g/mol. The monoisotopic (exact) mass is 259 g/mol. The van der Waals surface area contributed by atoms with Gasteiger partial charge in [-0.25, -0.2) is 0 Å². The van der Waals surface area contributed by atoms with Crippen molar-refractivity contribution in [1.29, 1.82) is 0 Å². The Labute approximate surface area is 111 Å². The molecule has 18 heavy (non-hydrogen) atoms. The van der Waals surface area contributed by atoms with Crippen LogP contribution >= 0.6 is 11.6 Å². The Kier molecular flexibility index (Phi) is 2.98. The van der Waals surface area contributed by atoms with Crippen LogP contribution in [0.5, 0.6) is 5.75 Å². The predicted octanol–water partition coefficient (Wildman–Crippen LogP) is 3.27. The number of fused-ring (bicyclic) bond motifs is 1. The molecule has 0 radical (unpaired) electrons. The lowest BCUT2D eigenvalue weighted by Crippen LogP contribution is -2.24. The zero-order valence-electron chi connectivity index (χ0n) is 9.90. The molecular formula is C15H14ClNO. The molecule has 0 fully saturated rings. The molecule has 1 heterocycles.